The molecule has 0 atom stereocenters. The van der Waals surface area contributed by atoms with E-state index in [-0.39, 0.29) is 11.3 Å². The normalized spacial score (nSPS) is 17.6. The van der Waals surface area contributed by atoms with Crippen LogP contribution in [0.15, 0.2) is 41.4 Å². The number of benzene rings is 2. The second kappa shape index (κ2) is 3.73. The molecule has 0 radical (unpaired) electrons. The molecule has 1 aliphatic heterocycles. The molecule has 0 aliphatic carbocycles. The maximum atomic E-state index is 9.86. The van der Waals surface area contributed by atoms with E-state index in [1.165, 1.54) is 0 Å². The molecule has 0 saturated heterocycles. The van der Waals surface area contributed by atoms with Crippen LogP contribution in [0.25, 0.3) is 10.8 Å². The van der Waals surface area contributed by atoms with Crippen molar-refractivity contribution in [2.45, 2.75) is 19.4 Å². The average molecular weight is 241 g/mol. The van der Waals surface area contributed by atoms with Crippen LogP contribution in [0.2, 0.25) is 0 Å². The Morgan fingerprint density at radius 3 is 2.50 bits per heavy atom. The van der Waals surface area contributed by atoms with Gasteiger partial charge in [0.05, 0.1) is 5.54 Å². The Morgan fingerprint density at radius 1 is 1.11 bits per heavy atom. The van der Waals surface area contributed by atoms with Gasteiger partial charge in [-0.1, -0.05) is 24.3 Å². The van der Waals surface area contributed by atoms with Crippen LogP contribution in [0, 0.1) is 0 Å². The molecule has 0 spiro atoms. The number of aromatic hydroxyl groups is 1. The van der Waals surface area contributed by atoms with Gasteiger partial charge in [-0.3, -0.25) is 0 Å². The number of nitrogens with zero attached hydrogens (tertiary/aromatic N) is 1. The lowest BCUT2D eigenvalue weighted by Gasteiger charge is -2.08. The number of aliphatic imine (C=N–C) groups is 1. The van der Waals surface area contributed by atoms with Crippen LogP contribution in [0.5, 0.6) is 5.75 Å². The van der Waals surface area contributed by atoms with E-state index < -0.39 is 0 Å². The monoisotopic (exact) mass is 241 g/mol. The molecule has 3 heteroatoms. The van der Waals surface area contributed by atoms with Gasteiger partial charge in [0.2, 0.25) is 5.90 Å². The number of phenolic OH excluding ortho intramolecular Hbond substituents is 1. The lowest BCUT2D eigenvalue weighted by Crippen LogP contribution is -2.17. The van der Waals surface area contributed by atoms with Gasteiger partial charge in [0, 0.05) is 10.9 Å². The van der Waals surface area contributed by atoms with Crippen LogP contribution in [0.4, 0.5) is 0 Å². The summed E-state index contributed by atoms with van der Waals surface area (Å²) in [5.74, 6) is 0.948. The SMILES string of the molecule is CC1(C)COC(c2ccc(O)c3ccccc23)=N1. The molecule has 1 aliphatic rings. The van der Waals surface area contributed by atoms with Gasteiger partial charge in [-0.05, 0) is 31.4 Å². The van der Waals surface area contributed by atoms with Gasteiger partial charge in [-0.2, -0.15) is 0 Å². The summed E-state index contributed by atoms with van der Waals surface area (Å²) in [5.41, 5.74) is 0.767. The van der Waals surface area contributed by atoms with Crippen molar-refractivity contribution in [1.82, 2.24) is 0 Å². The van der Waals surface area contributed by atoms with E-state index >= 15 is 0 Å². The molecule has 0 saturated carbocycles. The highest BCUT2D eigenvalue weighted by molar-refractivity contribution is 6.09. The van der Waals surface area contributed by atoms with Gasteiger partial charge in [-0.15, -0.1) is 0 Å². The second-order valence-corrected chi connectivity index (χ2v) is 5.20. The van der Waals surface area contributed by atoms with Crippen LogP contribution >= 0.6 is 0 Å². The third-order valence-corrected chi connectivity index (χ3v) is 3.10. The predicted octanol–water partition coefficient (Wildman–Crippen LogP) is 3.10. The van der Waals surface area contributed by atoms with Crippen molar-refractivity contribution < 1.29 is 9.84 Å². The average Bonchev–Trinajstić information content (AvgIpc) is 2.70. The van der Waals surface area contributed by atoms with Crippen LogP contribution in [0.3, 0.4) is 0 Å². The minimum absolute atomic E-state index is 0.172. The fraction of sp³-hybridized carbons (Fsp3) is 0.267. The molecule has 1 N–H and O–H groups in total. The maximum absolute atomic E-state index is 9.86. The molecule has 0 bridgehead atoms. The Labute approximate surface area is 106 Å². The second-order valence-electron chi connectivity index (χ2n) is 5.20. The molecular formula is C15H15NO2. The van der Waals surface area contributed by atoms with Crippen molar-refractivity contribution in [2.75, 3.05) is 6.61 Å². The first-order valence-corrected chi connectivity index (χ1v) is 6.01. The molecule has 1 heterocycles. The van der Waals surface area contributed by atoms with E-state index in [0.29, 0.717) is 12.5 Å². The molecule has 0 fully saturated rings. The van der Waals surface area contributed by atoms with Gasteiger partial charge >= 0.3 is 0 Å². The molecular weight excluding hydrogens is 226 g/mol. The minimum atomic E-state index is -0.172. The quantitative estimate of drug-likeness (QED) is 0.833. The highest BCUT2D eigenvalue weighted by Gasteiger charge is 2.27. The first kappa shape index (κ1) is 11.1. The maximum Gasteiger partial charge on any atom is 0.217 e. The molecule has 0 amide bonds. The molecule has 92 valence electrons. The summed E-state index contributed by atoms with van der Waals surface area (Å²) in [6.07, 6.45) is 0. The zero-order valence-corrected chi connectivity index (χ0v) is 10.5. The minimum Gasteiger partial charge on any atom is -0.507 e. The summed E-state index contributed by atoms with van der Waals surface area (Å²) in [7, 11) is 0. The number of phenols is 1. The summed E-state index contributed by atoms with van der Waals surface area (Å²) in [5, 5.41) is 11.7. The van der Waals surface area contributed by atoms with E-state index in [4.69, 9.17) is 4.74 Å². The number of rotatable bonds is 1. The zero-order chi connectivity index (χ0) is 12.8. The Bertz CT molecular complexity index is 644. The third kappa shape index (κ3) is 1.72. The van der Waals surface area contributed by atoms with Crippen LogP contribution < -0.4 is 0 Å². The molecule has 2 aromatic rings. The van der Waals surface area contributed by atoms with E-state index in [0.717, 1.165) is 16.3 Å². The largest absolute Gasteiger partial charge is 0.507 e. The van der Waals surface area contributed by atoms with Gasteiger partial charge in [0.1, 0.15) is 12.4 Å². The molecule has 18 heavy (non-hydrogen) atoms. The Morgan fingerprint density at radius 2 is 1.83 bits per heavy atom. The zero-order valence-electron chi connectivity index (χ0n) is 10.5. The Hall–Kier alpha value is -2.03. The van der Waals surface area contributed by atoms with Crippen molar-refractivity contribution in [3.05, 3.63) is 42.0 Å². The number of hydrogen-bond donors (Lipinski definition) is 1. The highest BCUT2D eigenvalue weighted by Crippen LogP contribution is 2.30. The number of ether oxygens (including phenoxy) is 1. The van der Waals surface area contributed by atoms with E-state index in [1.807, 2.05) is 44.2 Å². The first-order chi connectivity index (χ1) is 8.57. The van der Waals surface area contributed by atoms with Crippen LogP contribution in [-0.4, -0.2) is 23.2 Å². The van der Waals surface area contributed by atoms with Crippen molar-refractivity contribution in [3.8, 4) is 5.75 Å². The van der Waals surface area contributed by atoms with E-state index in [2.05, 4.69) is 4.99 Å². The molecule has 3 nitrogen and oxygen atoms in total. The standard InChI is InChI=1S/C15H15NO2/c1-15(2)9-18-14(16-15)12-7-8-13(17)11-6-4-3-5-10(11)12/h3-8,17H,9H2,1-2H3. The summed E-state index contributed by atoms with van der Waals surface area (Å²) in [6.45, 7) is 4.68. The van der Waals surface area contributed by atoms with Crippen LogP contribution in [0.1, 0.15) is 19.4 Å². The van der Waals surface area contributed by atoms with Crippen molar-refractivity contribution in [1.29, 1.82) is 0 Å². The lowest BCUT2D eigenvalue weighted by atomic mass is 10.0. The first-order valence-electron chi connectivity index (χ1n) is 6.01. The van der Waals surface area contributed by atoms with Crippen molar-refractivity contribution in [3.63, 3.8) is 0 Å². The van der Waals surface area contributed by atoms with Gasteiger partial charge in [-0.25, -0.2) is 4.99 Å². The predicted molar refractivity (Wildman–Crippen MR) is 72.2 cm³/mol. The van der Waals surface area contributed by atoms with Gasteiger partial charge in [0.15, 0.2) is 0 Å². The molecule has 0 unspecified atom stereocenters. The molecule has 0 aromatic heterocycles. The number of fused-ring (bicyclic) bond motifs is 1. The van der Waals surface area contributed by atoms with Crippen LogP contribution in [-0.2, 0) is 4.74 Å². The highest BCUT2D eigenvalue weighted by atomic mass is 16.5. The lowest BCUT2D eigenvalue weighted by molar-refractivity contribution is 0.279. The summed E-state index contributed by atoms with van der Waals surface area (Å²) in [4.78, 5) is 4.58. The van der Waals surface area contributed by atoms with Gasteiger partial charge in [0.25, 0.3) is 0 Å². The molecule has 2 aromatic carbocycles. The third-order valence-electron chi connectivity index (χ3n) is 3.10. The van der Waals surface area contributed by atoms with Crippen molar-refractivity contribution in [2.24, 2.45) is 4.99 Å². The fourth-order valence-corrected chi connectivity index (χ4v) is 2.19. The summed E-state index contributed by atoms with van der Waals surface area (Å²) >= 11 is 0. The molecule has 3 rings (SSSR count). The van der Waals surface area contributed by atoms with Crippen molar-refractivity contribution >= 4 is 16.7 Å². The Balaban J connectivity index is 2.23. The summed E-state index contributed by atoms with van der Waals surface area (Å²) < 4.78 is 5.67. The Kier molecular flexibility index (Phi) is 2.30. The topological polar surface area (TPSA) is 41.8 Å². The van der Waals surface area contributed by atoms with Gasteiger partial charge < -0.3 is 9.84 Å². The fourth-order valence-electron chi connectivity index (χ4n) is 2.19. The summed E-state index contributed by atoms with van der Waals surface area (Å²) in [6, 6.07) is 11.3. The van der Waals surface area contributed by atoms with E-state index in [1.54, 1.807) is 6.07 Å². The smallest absolute Gasteiger partial charge is 0.217 e. The van der Waals surface area contributed by atoms with E-state index in [9.17, 15) is 5.11 Å². The number of hydrogen-bond acceptors (Lipinski definition) is 3.